The summed E-state index contributed by atoms with van der Waals surface area (Å²) < 4.78 is 0. The maximum absolute atomic E-state index is 12.0. The van der Waals surface area contributed by atoms with Gasteiger partial charge in [-0.3, -0.25) is 4.79 Å². The first-order chi connectivity index (χ1) is 8.29. The monoisotopic (exact) mass is 229 g/mol. The minimum absolute atomic E-state index is 0.201. The van der Waals surface area contributed by atoms with Gasteiger partial charge in [0.05, 0.1) is 0 Å². The first-order valence-electron chi connectivity index (χ1n) is 5.98. The van der Waals surface area contributed by atoms with E-state index in [4.69, 9.17) is 6.42 Å². The Morgan fingerprint density at radius 1 is 1.41 bits per heavy atom. The number of rotatable bonds is 7. The minimum atomic E-state index is 0.201. The molecule has 0 fully saturated rings. The summed E-state index contributed by atoms with van der Waals surface area (Å²) in [6.07, 6.45) is 8.05. The maximum Gasteiger partial charge on any atom is 0.163 e. The van der Waals surface area contributed by atoms with Crippen LogP contribution < -0.4 is 5.32 Å². The van der Waals surface area contributed by atoms with Crippen molar-refractivity contribution >= 4 is 5.78 Å². The zero-order valence-electron chi connectivity index (χ0n) is 10.3. The number of carbonyl (C=O) groups excluding carboxylic acids is 1. The van der Waals surface area contributed by atoms with Gasteiger partial charge in [-0.25, -0.2) is 0 Å². The molecule has 0 heterocycles. The van der Waals surface area contributed by atoms with Crippen molar-refractivity contribution in [2.75, 3.05) is 13.6 Å². The van der Waals surface area contributed by atoms with E-state index in [0.29, 0.717) is 12.8 Å². The topological polar surface area (TPSA) is 29.1 Å². The molecule has 0 saturated heterocycles. The molecule has 0 bridgehead atoms. The van der Waals surface area contributed by atoms with E-state index in [-0.39, 0.29) is 5.78 Å². The average molecular weight is 229 g/mol. The molecule has 0 unspecified atom stereocenters. The molecule has 1 aromatic carbocycles. The lowest BCUT2D eigenvalue weighted by atomic mass is 9.98. The van der Waals surface area contributed by atoms with Gasteiger partial charge in [0.2, 0.25) is 0 Å². The first kappa shape index (κ1) is 13.5. The van der Waals surface area contributed by atoms with E-state index in [0.717, 1.165) is 30.5 Å². The van der Waals surface area contributed by atoms with E-state index < -0.39 is 0 Å². The van der Waals surface area contributed by atoms with Crippen molar-refractivity contribution in [1.82, 2.24) is 5.32 Å². The van der Waals surface area contributed by atoms with Crippen LogP contribution in [0.4, 0.5) is 0 Å². The largest absolute Gasteiger partial charge is 0.319 e. The van der Waals surface area contributed by atoms with Gasteiger partial charge in [0.1, 0.15) is 0 Å². The molecule has 0 aliphatic carbocycles. The smallest absolute Gasteiger partial charge is 0.163 e. The lowest BCUT2D eigenvalue weighted by molar-refractivity contribution is 0.0979. The summed E-state index contributed by atoms with van der Waals surface area (Å²) in [6, 6.07) is 7.81. The molecule has 2 heteroatoms. The molecule has 0 aromatic heterocycles. The SMILES string of the molecule is C#CCCCC(=O)c1ccccc1CCNC. The van der Waals surface area contributed by atoms with Crippen LogP contribution in [0.1, 0.15) is 35.2 Å². The average Bonchev–Trinajstić information content (AvgIpc) is 2.37. The van der Waals surface area contributed by atoms with Gasteiger partial charge in [0.15, 0.2) is 5.78 Å². The van der Waals surface area contributed by atoms with E-state index in [1.807, 2.05) is 31.3 Å². The van der Waals surface area contributed by atoms with Crippen LogP contribution >= 0.6 is 0 Å². The van der Waals surface area contributed by atoms with Crippen LogP contribution in [-0.2, 0) is 6.42 Å². The molecule has 0 radical (unpaired) electrons. The van der Waals surface area contributed by atoms with Crippen LogP contribution in [0.5, 0.6) is 0 Å². The molecule has 17 heavy (non-hydrogen) atoms. The quantitative estimate of drug-likeness (QED) is 0.442. The lowest BCUT2D eigenvalue weighted by Gasteiger charge is -2.07. The second-order valence-corrected chi connectivity index (χ2v) is 3.99. The number of hydrogen-bond acceptors (Lipinski definition) is 2. The Hall–Kier alpha value is -1.59. The number of ketones is 1. The summed E-state index contributed by atoms with van der Waals surface area (Å²) in [7, 11) is 1.91. The van der Waals surface area contributed by atoms with E-state index in [9.17, 15) is 4.79 Å². The highest BCUT2D eigenvalue weighted by molar-refractivity contribution is 5.97. The third kappa shape index (κ3) is 4.42. The normalized spacial score (nSPS) is 9.88. The zero-order valence-corrected chi connectivity index (χ0v) is 10.3. The fourth-order valence-corrected chi connectivity index (χ4v) is 1.76. The molecule has 1 N–H and O–H groups in total. The molecule has 2 nitrogen and oxygen atoms in total. The Kier molecular flexibility index (Phi) is 6.06. The third-order valence-electron chi connectivity index (χ3n) is 2.69. The molecule has 0 saturated carbocycles. The number of likely N-dealkylation sites (N-methyl/N-ethyl adjacent to an activating group) is 1. The summed E-state index contributed by atoms with van der Waals surface area (Å²) in [6.45, 7) is 0.884. The second kappa shape index (κ2) is 7.65. The van der Waals surface area contributed by atoms with Crippen molar-refractivity contribution in [2.24, 2.45) is 0 Å². The molecular weight excluding hydrogens is 210 g/mol. The van der Waals surface area contributed by atoms with E-state index in [1.165, 1.54) is 0 Å². The van der Waals surface area contributed by atoms with E-state index in [1.54, 1.807) is 0 Å². The standard InChI is InChI=1S/C15H19NO/c1-3-4-5-10-15(17)14-9-7-6-8-13(14)11-12-16-2/h1,6-9,16H,4-5,10-12H2,2H3. The van der Waals surface area contributed by atoms with Gasteiger partial charge in [0.25, 0.3) is 0 Å². The summed E-state index contributed by atoms with van der Waals surface area (Å²) in [5, 5.41) is 3.10. The fourth-order valence-electron chi connectivity index (χ4n) is 1.76. The molecular formula is C15H19NO. The van der Waals surface area contributed by atoms with E-state index >= 15 is 0 Å². The summed E-state index contributed by atoms with van der Waals surface area (Å²) >= 11 is 0. The highest BCUT2D eigenvalue weighted by Crippen LogP contribution is 2.13. The molecule has 0 amide bonds. The van der Waals surface area contributed by atoms with Crippen LogP contribution in [0.3, 0.4) is 0 Å². The summed E-state index contributed by atoms with van der Waals surface area (Å²) in [5.74, 6) is 2.76. The molecule has 1 rings (SSSR count). The molecule has 0 spiro atoms. The number of carbonyl (C=O) groups is 1. The highest BCUT2D eigenvalue weighted by Gasteiger charge is 2.09. The summed E-state index contributed by atoms with van der Waals surface area (Å²) in [5.41, 5.74) is 1.97. The van der Waals surface area contributed by atoms with Crippen molar-refractivity contribution in [1.29, 1.82) is 0 Å². The van der Waals surface area contributed by atoms with Crippen LogP contribution in [-0.4, -0.2) is 19.4 Å². The molecule has 0 aliphatic rings. The van der Waals surface area contributed by atoms with Crippen molar-refractivity contribution in [2.45, 2.75) is 25.7 Å². The van der Waals surface area contributed by atoms with Gasteiger partial charge < -0.3 is 5.32 Å². The van der Waals surface area contributed by atoms with Gasteiger partial charge in [-0.1, -0.05) is 24.3 Å². The van der Waals surface area contributed by atoms with E-state index in [2.05, 4.69) is 11.2 Å². The fraction of sp³-hybridized carbons (Fsp3) is 0.400. The molecule has 0 aliphatic heterocycles. The predicted octanol–water partition coefficient (Wildman–Crippen LogP) is 2.43. The Bertz CT molecular complexity index is 404. The van der Waals surface area contributed by atoms with Gasteiger partial charge in [-0.05, 0) is 32.0 Å². The Labute approximate surface area is 103 Å². The number of hydrogen-bond donors (Lipinski definition) is 1. The van der Waals surface area contributed by atoms with Crippen LogP contribution in [0, 0.1) is 12.3 Å². The number of Topliss-reactive ketones (excluding diaryl/α,β-unsaturated/α-hetero) is 1. The zero-order chi connectivity index (χ0) is 12.5. The number of unbranched alkanes of at least 4 members (excludes halogenated alkanes) is 1. The number of nitrogens with one attached hydrogen (secondary N) is 1. The van der Waals surface area contributed by atoms with Crippen molar-refractivity contribution < 1.29 is 4.79 Å². The van der Waals surface area contributed by atoms with Crippen molar-refractivity contribution in [3.05, 3.63) is 35.4 Å². The Morgan fingerprint density at radius 2 is 2.18 bits per heavy atom. The van der Waals surface area contributed by atoms with Gasteiger partial charge in [0, 0.05) is 18.4 Å². The molecule has 90 valence electrons. The van der Waals surface area contributed by atoms with Gasteiger partial charge in [-0.2, -0.15) is 0 Å². The maximum atomic E-state index is 12.0. The highest BCUT2D eigenvalue weighted by atomic mass is 16.1. The number of terminal acetylenes is 1. The number of benzene rings is 1. The van der Waals surface area contributed by atoms with Crippen molar-refractivity contribution in [3.63, 3.8) is 0 Å². The van der Waals surface area contributed by atoms with Gasteiger partial charge >= 0.3 is 0 Å². The third-order valence-corrected chi connectivity index (χ3v) is 2.69. The van der Waals surface area contributed by atoms with Crippen LogP contribution in [0.2, 0.25) is 0 Å². The Morgan fingerprint density at radius 3 is 2.88 bits per heavy atom. The van der Waals surface area contributed by atoms with Crippen molar-refractivity contribution in [3.8, 4) is 12.3 Å². The Balaban J connectivity index is 2.68. The van der Waals surface area contributed by atoms with Gasteiger partial charge in [-0.15, -0.1) is 12.3 Å². The molecule has 0 atom stereocenters. The second-order valence-electron chi connectivity index (χ2n) is 3.99. The molecule has 1 aromatic rings. The lowest BCUT2D eigenvalue weighted by Crippen LogP contribution is -2.13. The van der Waals surface area contributed by atoms with Crippen LogP contribution in [0.15, 0.2) is 24.3 Å². The minimum Gasteiger partial charge on any atom is -0.319 e. The first-order valence-corrected chi connectivity index (χ1v) is 5.98. The predicted molar refractivity (Wildman–Crippen MR) is 71.1 cm³/mol. The van der Waals surface area contributed by atoms with Crippen LogP contribution in [0.25, 0.3) is 0 Å². The summed E-state index contributed by atoms with van der Waals surface area (Å²) in [4.78, 5) is 12.0.